The summed E-state index contributed by atoms with van der Waals surface area (Å²) >= 11 is 0. The van der Waals surface area contributed by atoms with E-state index in [1.54, 1.807) is 52.8 Å². The van der Waals surface area contributed by atoms with Crippen LogP contribution in [0.25, 0.3) is 0 Å². The predicted octanol–water partition coefficient (Wildman–Crippen LogP) is 2.26. The van der Waals surface area contributed by atoms with Crippen molar-refractivity contribution in [3.05, 3.63) is 23.8 Å². The van der Waals surface area contributed by atoms with Crippen molar-refractivity contribution in [3.8, 4) is 0 Å². The molecule has 62 heavy (non-hydrogen) atoms. The number of aliphatic hydroxyl groups excluding tert-OH is 4. The first-order chi connectivity index (χ1) is 29.0. The third kappa shape index (κ3) is 12.9. The lowest BCUT2D eigenvalue weighted by molar-refractivity contribution is -0.341. The molecule has 3 saturated heterocycles. The fourth-order valence-electron chi connectivity index (χ4n) is 9.37. The van der Waals surface area contributed by atoms with Crippen LogP contribution in [0.2, 0.25) is 0 Å². The van der Waals surface area contributed by atoms with E-state index < -0.39 is 127 Å². The van der Waals surface area contributed by atoms with Gasteiger partial charge in [-0.2, -0.15) is 0 Å². The normalized spacial score (nSPS) is 47.1. The third-order valence-corrected chi connectivity index (χ3v) is 13.2. The van der Waals surface area contributed by atoms with E-state index in [0.717, 1.165) is 5.57 Å². The molecule has 0 amide bonds. The molecule has 0 bridgehead atoms. The summed E-state index contributed by atoms with van der Waals surface area (Å²) in [6.45, 7) is 15.9. The van der Waals surface area contributed by atoms with Crippen LogP contribution >= 0.6 is 0 Å². The molecule has 0 aliphatic carbocycles. The van der Waals surface area contributed by atoms with Gasteiger partial charge in [-0.1, -0.05) is 45.4 Å². The highest BCUT2D eigenvalue weighted by molar-refractivity contribution is 5.91. The minimum absolute atomic E-state index is 0.00464. The van der Waals surface area contributed by atoms with Crippen LogP contribution in [0.1, 0.15) is 88.0 Å². The van der Waals surface area contributed by atoms with Gasteiger partial charge in [0.15, 0.2) is 24.7 Å². The molecule has 4 aliphatic rings. The summed E-state index contributed by atoms with van der Waals surface area (Å²) in [7, 11) is 6.53. The van der Waals surface area contributed by atoms with Crippen molar-refractivity contribution >= 4 is 11.8 Å². The molecule has 4 heterocycles. The molecule has 0 aromatic rings. The fourth-order valence-corrected chi connectivity index (χ4v) is 9.37. The van der Waals surface area contributed by atoms with Crippen molar-refractivity contribution < 1.29 is 77.8 Å². The number of methoxy groups -OCH3 is 2. The summed E-state index contributed by atoms with van der Waals surface area (Å²) in [5.74, 6) is -2.78. The van der Waals surface area contributed by atoms with Crippen molar-refractivity contribution in [3.63, 3.8) is 0 Å². The van der Waals surface area contributed by atoms with Crippen molar-refractivity contribution in [1.29, 1.82) is 0 Å². The standard InChI is InChI=1S/C45H77NO16/c1-14-32-29(21-56-44-41(55-13)40(54-12)36(50)26(6)58-44)17-22(2)15-16-30(47)23(3)18-24(4)38(25(5)31(48)19-33(49)60-32)62-43-37(51)35(46(10)11)39(27(7)59-43)61-34-20-45(9,53)42(52)28(8)57-34/h15-17,23-29,31-32,34-44,48,50-53H,14,18-21H2,1-13H3/b16-15+,22-17+/t23-,24+,25+,26-,27-,28+,29-,31-,32-,34+,35-,36-,37-,38+,39-,40-,41-,42+,43+,44-,45-/m1/s1. The number of hydrogen-bond acceptors (Lipinski definition) is 17. The molecule has 4 aliphatic heterocycles. The second kappa shape index (κ2) is 23.0. The number of ether oxygens (including phenoxy) is 9. The maximum Gasteiger partial charge on any atom is 0.308 e. The Morgan fingerprint density at radius 2 is 1.47 bits per heavy atom. The van der Waals surface area contributed by atoms with E-state index in [1.165, 1.54) is 27.2 Å². The lowest BCUT2D eigenvalue weighted by Gasteiger charge is -2.50. The number of aliphatic hydroxyl groups is 5. The van der Waals surface area contributed by atoms with Gasteiger partial charge >= 0.3 is 5.97 Å². The van der Waals surface area contributed by atoms with Gasteiger partial charge in [0.1, 0.15) is 42.7 Å². The lowest BCUT2D eigenvalue weighted by atomic mass is 9.82. The molecule has 0 aromatic heterocycles. The largest absolute Gasteiger partial charge is 0.462 e. The maximum absolute atomic E-state index is 13.7. The van der Waals surface area contributed by atoms with E-state index in [1.807, 2.05) is 33.8 Å². The SMILES string of the molecule is CC[C@H]1OC(=O)C[C@@H](O)[C@H](C)[C@@H](O[C@@H]2O[C@H](C)[C@@H](O[C@H]3C[C@@](C)(O)[C@@H](O)[C@H](C)O3)[C@H](N(C)C)[C@H]2O)[C@@H](C)C[C@@H](C)C(=O)/C=C/C(C)=C/[C@@H]1CO[C@@H]1O[C@H](C)[C@@H](O)[C@@H](OC)[C@H]1OC. The van der Waals surface area contributed by atoms with Gasteiger partial charge in [-0.25, -0.2) is 0 Å². The van der Waals surface area contributed by atoms with E-state index in [4.69, 9.17) is 42.6 Å². The summed E-state index contributed by atoms with van der Waals surface area (Å²) in [4.78, 5) is 29.1. The molecule has 358 valence electrons. The minimum Gasteiger partial charge on any atom is -0.462 e. The number of ketones is 1. The van der Waals surface area contributed by atoms with Crippen LogP contribution in [-0.2, 0) is 52.2 Å². The molecule has 3 fully saturated rings. The highest BCUT2D eigenvalue weighted by Gasteiger charge is 2.51. The summed E-state index contributed by atoms with van der Waals surface area (Å²) in [6, 6.07) is -0.678. The number of esters is 1. The summed E-state index contributed by atoms with van der Waals surface area (Å²) in [5.41, 5.74) is -0.726. The van der Waals surface area contributed by atoms with Crippen molar-refractivity contribution in [2.75, 3.05) is 34.9 Å². The first-order valence-corrected chi connectivity index (χ1v) is 22.2. The second-order valence-corrected chi connectivity index (χ2v) is 18.6. The zero-order valence-corrected chi connectivity index (χ0v) is 39.0. The van der Waals surface area contributed by atoms with Gasteiger partial charge in [0, 0.05) is 38.4 Å². The van der Waals surface area contributed by atoms with Gasteiger partial charge in [-0.05, 0) is 73.5 Å². The van der Waals surface area contributed by atoms with E-state index in [0.29, 0.717) is 12.8 Å². The second-order valence-electron chi connectivity index (χ2n) is 18.6. The third-order valence-electron chi connectivity index (χ3n) is 13.2. The Kier molecular flexibility index (Phi) is 19.5. The first kappa shape index (κ1) is 52.7. The molecular formula is C45H77NO16. The van der Waals surface area contributed by atoms with Gasteiger partial charge in [0.2, 0.25) is 0 Å². The molecule has 0 radical (unpaired) electrons. The van der Waals surface area contributed by atoms with Crippen LogP contribution in [-0.4, -0.2) is 181 Å². The molecule has 0 aromatic carbocycles. The Morgan fingerprint density at radius 3 is 2.06 bits per heavy atom. The van der Waals surface area contributed by atoms with Crippen LogP contribution < -0.4 is 0 Å². The number of nitrogens with zero attached hydrogens (tertiary/aromatic N) is 1. The van der Waals surface area contributed by atoms with Crippen LogP contribution in [0.5, 0.6) is 0 Å². The van der Waals surface area contributed by atoms with Gasteiger partial charge in [-0.15, -0.1) is 0 Å². The van der Waals surface area contributed by atoms with Crippen molar-refractivity contribution in [1.82, 2.24) is 4.90 Å². The van der Waals surface area contributed by atoms with Gasteiger partial charge in [0.05, 0.1) is 55.2 Å². The number of hydrogen-bond donors (Lipinski definition) is 5. The van der Waals surface area contributed by atoms with Crippen LogP contribution in [0.4, 0.5) is 0 Å². The smallest absolute Gasteiger partial charge is 0.308 e. The van der Waals surface area contributed by atoms with Crippen LogP contribution in [0, 0.1) is 23.7 Å². The van der Waals surface area contributed by atoms with Crippen LogP contribution in [0.15, 0.2) is 23.8 Å². The molecule has 17 heteroatoms. The van der Waals surface area contributed by atoms with Crippen LogP contribution in [0.3, 0.4) is 0 Å². The van der Waals surface area contributed by atoms with Gasteiger partial charge in [-0.3, -0.25) is 9.59 Å². The number of carbonyl (C=O) groups is 2. The molecule has 4 rings (SSSR count). The Hall–Kier alpha value is -1.94. The molecular weight excluding hydrogens is 810 g/mol. The number of carbonyl (C=O) groups excluding carboxylic acids is 2. The molecule has 0 saturated carbocycles. The monoisotopic (exact) mass is 888 g/mol. The molecule has 0 unspecified atom stereocenters. The number of allylic oxidation sites excluding steroid dienone is 3. The van der Waals surface area contributed by atoms with Gasteiger partial charge in [0.25, 0.3) is 0 Å². The Balaban J connectivity index is 1.57. The topological polar surface area (TPSA) is 222 Å². The highest BCUT2D eigenvalue weighted by atomic mass is 16.7. The number of cyclic esters (lactones) is 1. The number of likely N-dealkylation sites (N-methyl/N-ethyl adjacent to an activating group) is 1. The molecule has 5 N–H and O–H groups in total. The molecule has 21 atom stereocenters. The van der Waals surface area contributed by atoms with E-state index in [9.17, 15) is 35.1 Å². The average Bonchev–Trinajstić information content (AvgIpc) is 3.20. The van der Waals surface area contributed by atoms with E-state index in [2.05, 4.69) is 0 Å². The molecule has 0 spiro atoms. The van der Waals surface area contributed by atoms with E-state index >= 15 is 0 Å². The lowest BCUT2D eigenvalue weighted by Crippen LogP contribution is -2.65. The van der Waals surface area contributed by atoms with Crippen molar-refractivity contribution in [2.45, 2.75) is 192 Å². The Morgan fingerprint density at radius 1 is 0.823 bits per heavy atom. The summed E-state index contributed by atoms with van der Waals surface area (Å²) < 4.78 is 54.7. The van der Waals surface area contributed by atoms with Crippen molar-refractivity contribution in [2.24, 2.45) is 23.7 Å². The predicted molar refractivity (Wildman–Crippen MR) is 225 cm³/mol. The first-order valence-electron chi connectivity index (χ1n) is 22.2. The Bertz CT molecular complexity index is 1490. The Labute approximate surface area is 367 Å². The highest BCUT2D eigenvalue weighted by Crippen LogP contribution is 2.37. The fraction of sp³-hybridized carbons (Fsp3) is 0.867. The molecule has 17 nitrogen and oxygen atoms in total. The minimum atomic E-state index is -1.46. The quantitative estimate of drug-likeness (QED) is 0.188. The van der Waals surface area contributed by atoms with E-state index in [-0.39, 0.29) is 31.1 Å². The summed E-state index contributed by atoms with van der Waals surface area (Å²) in [5, 5.41) is 55.6. The maximum atomic E-state index is 13.7. The zero-order chi connectivity index (χ0) is 46.4. The summed E-state index contributed by atoms with van der Waals surface area (Å²) in [6.07, 6.45) is -7.74. The zero-order valence-electron chi connectivity index (χ0n) is 39.0. The number of rotatable bonds is 11. The average molecular weight is 888 g/mol. The van der Waals surface area contributed by atoms with Gasteiger partial charge < -0.3 is 73.1 Å².